The van der Waals surface area contributed by atoms with Gasteiger partial charge in [0, 0.05) is 11.6 Å². The topological polar surface area (TPSA) is 30.5 Å². The highest BCUT2D eigenvalue weighted by Gasteiger charge is 2.08. The number of nitrogens with one attached hydrogen (secondary N) is 1. The van der Waals surface area contributed by atoms with E-state index < -0.39 is 0 Å². The monoisotopic (exact) mass is 257 g/mol. The van der Waals surface area contributed by atoms with Crippen molar-refractivity contribution in [3.8, 4) is 5.75 Å². The van der Waals surface area contributed by atoms with E-state index in [-0.39, 0.29) is 6.04 Å². The second-order valence-corrected chi connectivity index (χ2v) is 4.12. The molecule has 0 spiro atoms. The van der Waals surface area contributed by atoms with Crippen LogP contribution in [0.1, 0.15) is 13.8 Å². The third-order valence-electron chi connectivity index (χ3n) is 2.28. The Hall–Kier alpha value is -0.770. The Kier molecular flexibility index (Phi) is 7.01. The zero-order chi connectivity index (χ0) is 12.5. The summed E-state index contributed by atoms with van der Waals surface area (Å²) in [5.41, 5.74) is 0. The first-order valence-corrected chi connectivity index (χ1v) is 6.33. The van der Waals surface area contributed by atoms with Crippen molar-refractivity contribution in [2.45, 2.75) is 19.9 Å². The maximum atomic E-state index is 5.80. The first-order chi connectivity index (χ1) is 8.26. The van der Waals surface area contributed by atoms with Gasteiger partial charge in [0.1, 0.15) is 12.4 Å². The molecule has 0 saturated heterocycles. The molecule has 0 aliphatic carbocycles. The number of hydrogen-bond acceptors (Lipinski definition) is 3. The Bertz CT molecular complexity index is 303. The van der Waals surface area contributed by atoms with Crippen molar-refractivity contribution < 1.29 is 9.47 Å². The van der Waals surface area contributed by atoms with Gasteiger partial charge in [0.15, 0.2) is 0 Å². The molecule has 0 aliphatic rings. The lowest BCUT2D eigenvalue weighted by atomic mass is 10.3. The van der Waals surface area contributed by atoms with Crippen LogP contribution in [0.15, 0.2) is 24.3 Å². The van der Waals surface area contributed by atoms with Crippen molar-refractivity contribution in [2.75, 3.05) is 26.4 Å². The Labute approximate surface area is 108 Å². The molecule has 1 unspecified atom stereocenters. The second-order valence-electron chi connectivity index (χ2n) is 3.68. The molecule has 0 aromatic heterocycles. The van der Waals surface area contributed by atoms with Crippen LogP contribution >= 0.6 is 11.6 Å². The summed E-state index contributed by atoms with van der Waals surface area (Å²) < 4.78 is 11.1. The number of halogens is 1. The number of benzene rings is 1. The summed E-state index contributed by atoms with van der Waals surface area (Å²) in [5, 5.41) is 4.04. The molecule has 1 aromatic carbocycles. The van der Waals surface area contributed by atoms with Crippen LogP contribution in [0.3, 0.4) is 0 Å². The van der Waals surface area contributed by atoms with Crippen molar-refractivity contribution in [2.24, 2.45) is 0 Å². The number of hydrogen-bond donors (Lipinski definition) is 1. The highest BCUT2D eigenvalue weighted by Crippen LogP contribution is 2.15. The lowest BCUT2D eigenvalue weighted by Crippen LogP contribution is -2.38. The molecule has 0 radical (unpaired) electrons. The molecule has 1 atom stereocenters. The largest absolute Gasteiger partial charge is 0.492 e. The van der Waals surface area contributed by atoms with Gasteiger partial charge in [0.05, 0.1) is 12.6 Å². The number of ether oxygens (including phenoxy) is 2. The predicted octanol–water partition coefficient (Wildman–Crippen LogP) is 2.73. The summed E-state index contributed by atoms with van der Waals surface area (Å²) in [6, 6.07) is 7.59. The molecule has 0 heterocycles. The molecule has 4 heteroatoms. The van der Waals surface area contributed by atoms with Gasteiger partial charge in [-0.25, -0.2) is 0 Å². The van der Waals surface area contributed by atoms with E-state index in [1.807, 2.05) is 31.2 Å². The van der Waals surface area contributed by atoms with Gasteiger partial charge >= 0.3 is 0 Å². The fourth-order valence-corrected chi connectivity index (χ4v) is 1.57. The van der Waals surface area contributed by atoms with E-state index >= 15 is 0 Å². The minimum Gasteiger partial charge on any atom is -0.492 e. The number of rotatable bonds is 8. The fourth-order valence-electron chi connectivity index (χ4n) is 1.44. The summed E-state index contributed by atoms with van der Waals surface area (Å²) in [6.07, 6.45) is 0. The Balaban J connectivity index is 2.37. The van der Waals surface area contributed by atoms with Crippen LogP contribution < -0.4 is 10.1 Å². The van der Waals surface area contributed by atoms with E-state index in [2.05, 4.69) is 12.2 Å². The van der Waals surface area contributed by atoms with Crippen molar-refractivity contribution in [3.05, 3.63) is 29.3 Å². The fraction of sp³-hybridized carbons (Fsp3) is 0.538. The molecule has 1 rings (SSSR count). The van der Waals surface area contributed by atoms with Crippen molar-refractivity contribution in [1.82, 2.24) is 5.32 Å². The summed E-state index contributed by atoms with van der Waals surface area (Å²) in [4.78, 5) is 0. The predicted molar refractivity (Wildman–Crippen MR) is 70.9 cm³/mol. The summed E-state index contributed by atoms with van der Waals surface area (Å²) in [7, 11) is 0. The molecule has 0 amide bonds. The van der Waals surface area contributed by atoms with Crippen LogP contribution in [0.5, 0.6) is 5.75 Å². The Morgan fingerprint density at radius 2 is 1.88 bits per heavy atom. The molecular weight excluding hydrogens is 238 g/mol. The Morgan fingerprint density at radius 1 is 1.18 bits per heavy atom. The summed E-state index contributed by atoms with van der Waals surface area (Å²) >= 11 is 5.80. The minimum absolute atomic E-state index is 0.218. The van der Waals surface area contributed by atoms with Gasteiger partial charge in [-0.2, -0.15) is 0 Å². The van der Waals surface area contributed by atoms with Gasteiger partial charge in [0.25, 0.3) is 0 Å². The SMILES string of the molecule is CCNC(COCC)COc1ccc(Cl)cc1. The van der Waals surface area contributed by atoms with Gasteiger partial charge in [0.2, 0.25) is 0 Å². The van der Waals surface area contributed by atoms with Crippen molar-refractivity contribution >= 4 is 11.6 Å². The molecule has 1 aromatic rings. The van der Waals surface area contributed by atoms with Gasteiger partial charge in [-0.15, -0.1) is 0 Å². The molecule has 3 nitrogen and oxygen atoms in total. The first-order valence-electron chi connectivity index (χ1n) is 5.95. The van der Waals surface area contributed by atoms with Gasteiger partial charge in [-0.1, -0.05) is 18.5 Å². The molecule has 0 bridgehead atoms. The third kappa shape index (κ3) is 5.91. The van der Waals surface area contributed by atoms with Crippen molar-refractivity contribution in [1.29, 1.82) is 0 Å². The van der Waals surface area contributed by atoms with E-state index in [1.54, 1.807) is 0 Å². The molecule has 0 aliphatic heterocycles. The van der Waals surface area contributed by atoms with Crippen LogP contribution in [0.4, 0.5) is 0 Å². The average molecular weight is 258 g/mol. The van der Waals surface area contributed by atoms with Gasteiger partial charge in [-0.05, 0) is 37.7 Å². The lowest BCUT2D eigenvalue weighted by molar-refractivity contribution is 0.103. The molecule has 0 fully saturated rings. The molecule has 17 heavy (non-hydrogen) atoms. The summed E-state index contributed by atoms with van der Waals surface area (Å²) in [5.74, 6) is 0.828. The van der Waals surface area contributed by atoms with Crippen molar-refractivity contribution in [3.63, 3.8) is 0 Å². The minimum atomic E-state index is 0.218. The van der Waals surface area contributed by atoms with Gasteiger partial charge < -0.3 is 14.8 Å². The lowest BCUT2D eigenvalue weighted by Gasteiger charge is -2.18. The smallest absolute Gasteiger partial charge is 0.119 e. The Morgan fingerprint density at radius 3 is 2.47 bits per heavy atom. The highest BCUT2D eigenvalue weighted by atomic mass is 35.5. The van der Waals surface area contributed by atoms with Gasteiger partial charge in [-0.3, -0.25) is 0 Å². The summed E-state index contributed by atoms with van der Waals surface area (Å²) in [6.45, 7) is 6.95. The normalized spacial score (nSPS) is 12.4. The number of likely N-dealkylation sites (N-methyl/N-ethyl adjacent to an activating group) is 1. The third-order valence-corrected chi connectivity index (χ3v) is 2.53. The van der Waals surface area contributed by atoms with Crippen LogP contribution in [0.25, 0.3) is 0 Å². The molecule has 1 N–H and O–H groups in total. The highest BCUT2D eigenvalue weighted by molar-refractivity contribution is 6.30. The van der Waals surface area contributed by atoms with Crippen LogP contribution in [0, 0.1) is 0 Å². The maximum absolute atomic E-state index is 5.80. The second kappa shape index (κ2) is 8.34. The van der Waals surface area contributed by atoms with E-state index in [9.17, 15) is 0 Å². The van der Waals surface area contributed by atoms with E-state index in [0.29, 0.717) is 13.2 Å². The molecule has 0 saturated carbocycles. The average Bonchev–Trinajstić information content (AvgIpc) is 2.35. The molecular formula is C13H20ClNO2. The zero-order valence-electron chi connectivity index (χ0n) is 10.4. The molecule has 96 valence electrons. The maximum Gasteiger partial charge on any atom is 0.119 e. The van der Waals surface area contributed by atoms with Crippen LogP contribution in [-0.4, -0.2) is 32.4 Å². The first kappa shape index (κ1) is 14.3. The van der Waals surface area contributed by atoms with E-state index in [1.165, 1.54) is 0 Å². The van der Waals surface area contributed by atoms with E-state index in [4.69, 9.17) is 21.1 Å². The van der Waals surface area contributed by atoms with E-state index in [0.717, 1.165) is 23.9 Å². The van der Waals surface area contributed by atoms with Crippen LogP contribution in [-0.2, 0) is 4.74 Å². The van der Waals surface area contributed by atoms with Crippen LogP contribution in [0.2, 0.25) is 5.02 Å². The standard InChI is InChI=1S/C13H20ClNO2/c1-3-15-12(9-16-4-2)10-17-13-7-5-11(14)6-8-13/h5-8,12,15H,3-4,9-10H2,1-2H3. The zero-order valence-corrected chi connectivity index (χ0v) is 11.2. The quantitative estimate of drug-likeness (QED) is 0.777.